The van der Waals surface area contributed by atoms with Gasteiger partial charge < -0.3 is 10.6 Å². The van der Waals surface area contributed by atoms with E-state index in [0.29, 0.717) is 18.5 Å². The summed E-state index contributed by atoms with van der Waals surface area (Å²) in [6.07, 6.45) is 0.965. The average molecular weight is 301 g/mol. The van der Waals surface area contributed by atoms with Gasteiger partial charge in [0, 0.05) is 28.7 Å². The molecule has 2 aromatic rings. The Morgan fingerprint density at radius 3 is 3.00 bits per heavy atom. The first kappa shape index (κ1) is 13.8. The van der Waals surface area contributed by atoms with Gasteiger partial charge in [-0.05, 0) is 25.5 Å². The van der Waals surface area contributed by atoms with E-state index in [2.05, 4.69) is 15.6 Å². The Morgan fingerprint density at radius 1 is 1.48 bits per heavy atom. The van der Waals surface area contributed by atoms with Crippen LogP contribution < -0.4 is 10.6 Å². The van der Waals surface area contributed by atoms with Crippen LogP contribution in [0.4, 0.5) is 5.69 Å². The number of nitrogens with zero attached hydrogens (tertiary/aromatic N) is 1. The predicted octanol–water partition coefficient (Wildman–Crippen LogP) is 2.34. The molecule has 0 bridgehead atoms. The molecule has 5 nitrogen and oxygen atoms in total. The Kier molecular flexibility index (Phi) is 3.70. The summed E-state index contributed by atoms with van der Waals surface area (Å²) in [5.74, 6) is -0.240. The Hall–Kier alpha value is -2.21. The number of aromatic nitrogens is 1. The third-order valence-electron chi connectivity index (χ3n) is 3.31. The first-order valence-electron chi connectivity index (χ1n) is 6.74. The highest BCUT2D eigenvalue weighted by Crippen LogP contribution is 2.26. The van der Waals surface area contributed by atoms with Crippen molar-refractivity contribution in [1.82, 2.24) is 10.3 Å². The van der Waals surface area contributed by atoms with E-state index in [9.17, 15) is 9.59 Å². The molecular formula is C15H15N3O2S. The van der Waals surface area contributed by atoms with E-state index in [1.807, 2.05) is 36.6 Å². The zero-order valence-electron chi connectivity index (χ0n) is 11.6. The van der Waals surface area contributed by atoms with Crippen LogP contribution in [0, 0.1) is 6.92 Å². The van der Waals surface area contributed by atoms with Crippen molar-refractivity contribution in [1.29, 1.82) is 0 Å². The maximum atomic E-state index is 12.1. The molecule has 6 heteroatoms. The molecule has 108 valence electrons. The number of amides is 2. The SMILES string of the molecule is Cc1csc(-c2cccc(NC(=O)[C@H]3CCC(=O)N3)c2)n1. The van der Waals surface area contributed by atoms with Gasteiger partial charge in [0.15, 0.2) is 0 Å². The second-order valence-electron chi connectivity index (χ2n) is 5.02. The summed E-state index contributed by atoms with van der Waals surface area (Å²) < 4.78 is 0. The van der Waals surface area contributed by atoms with Gasteiger partial charge in [-0.25, -0.2) is 4.98 Å². The van der Waals surface area contributed by atoms with E-state index in [4.69, 9.17) is 0 Å². The second kappa shape index (κ2) is 5.65. The van der Waals surface area contributed by atoms with Crippen molar-refractivity contribution in [2.45, 2.75) is 25.8 Å². The molecule has 0 aliphatic carbocycles. The largest absolute Gasteiger partial charge is 0.344 e. The molecule has 2 N–H and O–H groups in total. The van der Waals surface area contributed by atoms with Gasteiger partial charge in [-0.2, -0.15) is 0 Å². The number of nitrogens with one attached hydrogen (secondary N) is 2. The fourth-order valence-corrected chi connectivity index (χ4v) is 3.05. The van der Waals surface area contributed by atoms with Crippen molar-refractivity contribution in [2.75, 3.05) is 5.32 Å². The maximum Gasteiger partial charge on any atom is 0.246 e. The molecule has 0 unspecified atom stereocenters. The molecule has 2 heterocycles. The third kappa shape index (κ3) is 3.11. The molecule has 2 amide bonds. The van der Waals surface area contributed by atoms with Crippen molar-refractivity contribution < 1.29 is 9.59 Å². The molecule has 0 radical (unpaired) electrons. The molecule has 0 saturated carbocycles. The predicted molar refractivity (Wildman–Crippen MR) is 82.1 cm³/mol. The van der Waals surface area contributed by atoms with Crippen molar-refractivity contribution in [3.05, 3.63) is 35.3 Å². The van der Waals surface area contributed by atoms with Crippen molar-refractivity contribution >= 4 is 28.8 Å². The lowest BCUT2D eigenvalue weighted by Crippen LogP contribution is -2.37. The average Bonchev–Trinajstić information content (AvgIpc) is 3.08. The zero-order valence-corrected chi connectivity index (χ0v) is 12.4. The van der Waals surface area contributed by atoms with E-state index in [1.165, 1.54) is 0 Å². The molecule has 0 spiro atoms. The summed E-state index contributed by atoms with van der Waals surface area (Å²) in [7, 11) is 0. The quantitative estimate of drug-likeness (QED) is 0.914. The lowest BCUT2D eigenvalue weighted by Gasteiger charge is -2.11. The normalized spacial score (nSPS) is 17.6. The zero-order chi connectivity index (χ0) is 14.8. The first-order chi connectivity index (χ1) is 10.1. The minimum Gasteiger partial charge on any atom is -0.344 e. The molecular weight excluding hydrogens is 286 g/mol. The highest BCUT2D eigenvalue weighted by atomic mass is 32.1. The summed E-state index contributed by atoms with van der Waals surface area (Å²) in [6, 6.07) is 7.15. The van der Waals surface area contributed by atoms with Gasteiger partial charge >= 0.3 is 0 Å². The molecule has 1 aromatic heterocycles. The Balaban J connectivity index is 1.74. The lowest BCUT2D eigenvalue weighted by atomic mass is 10.2. The van der Waals surface area contributed by atoms with Crippen LogP contribution in [0.25, 0.3) is 10.6 Å². The van der Waals surface area contributed by atoms with Gasteiger partial charge in [-0.15, -0.1) is 11.3 Å². The van der Waals surface area contributed by atoms with Gasteiger partial charge in [0.25, 0.3) is 0 Å². The van der Waals surface area contributed by atoms with E-state index in [0.717, 1.165) is 16.3 Å². The summed E-state index contributed by atoms with van der Waals surface area (Å²) in [4.78, 5) is 27.7. The summed E-state index contributed by atoms with van der Waals surface area (Å²) in [6.45, 7) is 1.95. The molecule has 1 aliphatic heterocycles. The van der Waals surface area contributed by atoms with Crippen molar-refractivity contribution in [3.63, 3.8) is 0 Å². The highest BCUT2D eigenvalue weighted by Gasteiger charge is 2.27. The summed E-state index contributed by atoms with van der Waals surface area (Å²) in [5, 5.41) is 8.43. The molecule has 3 rings (SSSR count). The Labute approximate surface area is 126 Å². The van der Waals surface area contributed by atoms with E-state index in [-0.39, 0.29) is 11.8 Å². The van der Waals surface area contributed by atoms with Gasteiger partial charge in [-0.3, -0.25) is 9.59 Å². The number of thiazole rings is 1. The topological polar surface area (TPSA) is 71.1 Å². The fraction of sp³-hybridized carbons (Fsp3) is 0.267. The molecule has 21 heavy (non-hydrogen) atoms. The summed E-state index contributed by atoms with van der Waals surface area (Å²) in [5.41, 5.74) is 2.67. The molecule has 1 aromatic carbocycles. The van der Waals surface area contributed by atoms with Crippen LogP contribution in [0.3, 0.4) is 0 Å². The molecule has 1 atom stereocenters. The van der Waals surface area contributed by atoms with Gasteiger partial charge in [0.2, 0.25) is 11.8 Å². The van der Waals surface area contributed by atoms with E-state index >= 15 is 0 Å². The monoisotopic (exact) mass is 301 g/mol. The fourth-order valence-electron chi connectivity index (χ4n) is 2.26. The van der Waals surface area contributed by atoms with Crippen LogP contribution in [0.15, 0.2) is 29.6 Å². The Morgan fingerprint density at radius 2 is 2.33 bits per heavy atom. The van der Waals surface area contributed by atoms with Crippen LogP contribution in [-0.2, 0) is 9.59 Å². The minimum atomic E-state index is -0.428. The molecule has 1 aliphatic rings. The van der Waals surface area contributed by atoms with Crippen LogP contribution in [0.2, 0.25) is 0 Å². The number of anilines is 1. The van der Waals surface area contributed by atoms with Gasteiger partial charge in [-0.1, -0.05) is 12.1 Å². The molecule has 1 saturated heterocycles. The summed E-state index contributed by atoms with van der Waals surface area (Å²) >= 11 is 1.58. The smallest absolute Gasteiger partial charge is 0.246 e. The van der Waals surface area contributed by atoms with Crippen molar-refractivity contribution in [2.24, 2.45) is 0 Å². The molecule has 1 fully saturated rings. The Bertz CT molecular complexity index is 696. The van der Waals surface area contributed by atoms with Crippen LogP contribution >= 0.6 is 11.3 Å². The number of hydrogen-bond donors (Lipinski definition) is 2. The van der Waals surface area contributed by atoms with Crippen molar-refractivity contribution in [3.8, 4) is 10.6 Å². The second-order valence-corrected chi connectivity index (χ2v) is 5.88. The minimum absolute atomic E-state index is 0.0674. The van der Waals surface area contributed by atoms with Gasteiger partial charge in [0.1, 0.15) is 11.0 Å². The van der Waals surface area contributed by atoms with Crippen LogP contribution in [-0.4, -0.2) is 22.8 Å². The van der Waals surface area contributed by atoms with Crippen LogP contribution in [0.5, 0.6) is 0 Å². The van der Waals surface area contributed by atoms with Crippen LogP contribution in [0.1, 0.15) is 18.5 Å². The van der Waals surface area contributed by atoms with Gasteiger partial charge in [0.05, 0.1) is 0 Å². The standard InChI is InChI=1S/C15H15N3O2S/c1-9-8-21-15(16-9)10-3-2-4-11(7-10)17-14(20)12-5-6-13(19)18-12/h2-4,7-8,12H,5-6H2,1H3,(H,17,20)(H,18,19)/t12-/m1/s1. The number of benzene rings is 1. The van der Waals surface area contributed by atoms with E-state index in [1.54, 1.807) is 11.3 Å². The third-order valence-corrected chi connectivity index (χ3v) is 4.32. The number of aryl methyl sites for hydroxylation is 1. The number of carbonyl (C=O) groups is 2. The highest BCUT2D eigenvalue weighted by molar-refractivity contribution is 7.13. The van der Waals surface area contributed by atoms with E-state index < -0.39 is 6.04 Å². The maximum absolute atomic E-state index is 12.1. The first-order valence-corrected chi connectivity index (χ1v) is 7.62. The number of carbonyl (C=O) groups excluding carboxylic acids is 2. The number of rotatable bonds is 3. The number of hydrogen-bond acceptors (Lipinski definition) is 4. The lowest BCUT2D eigenvalue weighted by molar-refractivity contribution is -0.122.